The second kappa shape index (κ2) is 6.38. The van der Waals surface area contributed by atoms with Gasteiger partial charge >= 0.3 is 0 Å². The Morgan fingerprint density at radius 2 is 2.20 bits per heavy atom. The van der Waals surface area contributed by atoms with E-state index in [1.807, 2.05) is 19.1 Å². The number of nitrogen functional groups attached to an aromatic ring is 1. The van der Waals surface area contributed by atoms with Crippen molar-refractivity contribution in [3.8, 4) is 11.4 Å². The van der Waals surface area contributed by atoms with E-state index in [1.54, 1.807) is 6.07 Å². The molecule has 0 spiro atoms. The van der Waals surface area contributed by atoms with Crippen LogP contribution in [0.4, 0.5) is 14.5 Å². The summed E-state index contributed by atoms with van der Waals surface area (Å²) in [4.78, 5) is 0. The fraction of sp³-hybridized carbons (Fsp3) is 0.417. The van der Waals surface area contributed by atoms with E-state index in [1.165, 1.54) is 4.68 Å². The van der Waals surface area contributed by atoms with Gasteiger partial charge in [-0.05, 0) is 29.0 Å². The summed E-state index contributed by atoms with van der Waals surface area (Å²) in [5.41, 5.74) is 8.23. The second-order valence-corrected chi connectivity index (χ2v) is 4.26. The quantitative estimate of drug-likeness (QED) is 0.642. The van der Waals surface area contributed by atoms with Gasteiger partial charge in [-0.1, -0.05) is 12.1 Å². The zero-order valence-corrected chi connectivity index (χ0v) is 11.0. The summed E-state index contributed by atoms with van der Waals surface area (Å²) in [6.07, 6.45) is -2.47. The van der Waals surface area contributed by atoms with E-state index in [9.17, 15) is 8.78 Å². The zero-order valence-electron chi connectivity index (χ0n) is 11.0. The molecule has 0 unspecified atom stereocenters. The molecule has 20 heavy (non-hydrogen) atoms. The number of anilines is 1. The van der Waals surface area contributed by atoms with Crippen LogP contribution in [0.3, 0.4) is 0 Å². The Labute approximate surface area is 114 Å². The maximum atomic E-state index is 11.9. The van der Waals surface area contributed by atoms with Crippen LogP contribution >= 0.6 is 0 Å². The lowest BCUT2D eigenvalue weighted by atomic mass is 10.1. The van der Waals surface area contributed by atoms with Crippen LogP contribution < -0.4 is 5.73 Å². The van der Waals surface area contributed by atoms with Gasteiger partial charge in [0.2, 0.25) is 0 Å². The Morgan fingerprint density at radius 3 is 2.90 bits per heavy atom. The van der Waals surface area contributed by atoms with E-state index < -0.39 is 13.0 Å². The van der Waals surface area contributed by atoms with Crippen molar-refractivity contribution in [2.24, 2.45) is 0 Å². The third kappa shape index (κ3) is 3.47. The van der Waals surface area contributed by atoms with Gasteiger partial charge in [-0.3, -0.25) is 0 Å². The highest BCUT2D eigenvalue weighted by atomic mass is 19.3. The molecule has 2 rings (SSSR count). The van der Waals surface area contributed by atoms with Crippen molar-refractivity contribution in [2.45, 2.75) is 19.9 Å². The molecule has 0 aliphatic rings. The van der Waals surface area contributed by atoms with Crippen LogP contribution in [-0.2, 0) is 11.3 Å². The molecule has 0 saturated carbocycles. The average molecular weight is 283 g/mol. The normalized spacial score (nSPS) is 11.2. The van der Waals surface area contributed by atoms with Gasteiger partial charge in [0.25, 0.3) is 6.43 Å². The SMILES string of the molecule is Cc1ccc(-c2nnnn2CCOCC(F)F)cc1N. The minimum atomic E-state index is -2.47. The van der Waals surface area contributed by atoms with Gasteiger partial charge in [0.05, 0.1) is 13.2 Å². The third-order valence-corrected chi connectivity index (χ3v) is 2.76. The molecule has 0 aliphatic carbocycles. The first kappa shape index (κ1) is 14.3. The first-order chi connectivity index (χ1) is 9.58. The molecule has 6 nitrogen and oxygen atoms in total. The number of hydrogen-bond donors (Lipinski definition) is 1. The number of aryl methyl sites for hydroxylation is 1. The number of rotatable bonds is 6. The maximum absolute atomic E-state index is 11.9. The first-order valence-corrected chi connectivity index (χ1v) is 6.06. The lowest BCUT2D eigenvalue weighted by molar-refractivity contribution is 0.0140. The zero-order chi connectivity index (χ0) is 14.5. The Bertz CT molecular complexity index is 573. The number of hydrogen-bond acceptors (Lipinski definition) is 5. The summed E-state index contributed by atoms with van der Waals surface area (Å²) >= 11 is 0. The van der Waals surface area contributed by atoms with E-state index in [-0.39, 0.29) is 6.61 Å². The molecule has 2 aromatic rings. The molecule has 1 aromatic heterocycles. The van der Waals surface area contributed by atoms with Gasteiger partial charge in [-0.2, -0.15) is 0 Å². The molecule has 0 radical (unpaired) electrons. The van der Waals surface area contributed by atoms with E-state index in [2.05, 4.69) is 15.5 Å². The second-order valence-electron chi connectivity index (χ2n) is 4.26. The van der Waals surface area contributed by atoms with Crippen LogP contribution in [0.5, 0.6) is 0 Å². The van der Waals surface area contributed by atoms with Crippen LogP contribution in [0.15, 0.2) is 18.2 Å². The fourth-order valence-corrected chi connectivity index (χ4v) is 1.67. The van der Waals surface area contributed by atoms with Gasteiger partial charge in [0.1, 0.15) is 6.61 Å². The molecule has 0 bridgehead atoms. The Morgan fingerprint density at radius 1 is 1.40 bits per heavy atom. The molecule has 8 heteroatoms. The summed E-state index contributed by atoms with van der Waals surface area (Å²) in [5, 5.41) is 11.3. The van der Waals surface area contributed by atoms with Crippen molar-refractivity contribution in [3.05, 3.63) is 23.8 Å². The van der Waals surface area contributed by atoms with Gasteiger partial charge in [0, 0.05) is 11.3 Å². The van der Waals surface area contributed by atoms with Gasteiger partial charge in [0.15, 0.2) is 5.82 Å². The molecular formula is C12H15F2N5O. The van der Waals surface area contributed by atoms with Crippen molar-refractivity contribution in [3.63, 3.8) is 0 Å². The Balaban J connectivity index is 2.06. The lowest BCUT2D eigenvalue weighted by Crippen LogP contribution is -2.12. The summed E-state index contributed by atoms with van der Waals surface area (Å²) in [5.74, 6) is 0.525. The molecule has 0 fully saturated rings. The molecule has 1 heterocycles. The average Bonchev–Trinajstić information content (AvgIpc) is 2.86. The summed E-state index contributed by atoms with van der Waals surface area (Å²) in [6, 6.07) is 5.50. The Hall–Kier alpha value is -2.09. The van der Waals surface area contributed by atoms with Crippen molar-refractivity contribution < 1.29 is 13.5 Å². The monoisotopic (exact) mass is 283 g/mol. The highest BCUT2D eigenvalue weighted by Crippen LogP contribution is 2.21. The molecule has 108 valence electrons. The van der Waals surface area contributed by atoms with Crippen molar-refractivity contribution >= 4 is 5.69 Å². The van der Waals surface area contributed by atoms with Gasteiger partial charge in [-0.15, -0.1) is 5.10 Å². The van der Waals surface area contributed by atoms with Crippen molar-refractivity contribution in [1.82, 2.24) is 20.2 Å². The lowest BCUT2D eigenvalue weighted by Gasteiger charge is -2.07. The van der Waals surface area contributed by atoms with Crippen LogP contribution in [0.1, 0.15) is 5.56 Å². The third-order valence-electron chi connectivity index (χ3n) is 2.76. The van der Waals surface area contributed by atoms with Gasteiger partial charge < -0.3 is 10.5 Å². The minimum Gasteiger partial charge on any atom is -0.398 e. The van der Waals surface area contributed by atoms with Crippen LogP contribution in [0.25, 0.3) is 11.4 Å². The van der Waals surface area contributed by atoms with E-state index >= 15 is 0 Å². The number of halogens is 2. The number of alkyl halides is 2. The molecule has 2 N–H and O–H groups in total. The van der Waals surface area contributed by atoms with E-state index in [4.69, 9.17) is 10.5 Å². The van der Waals surface area contributed by atoms with Crippen molar-refractivity contribution in [1.29, 1.82) is 0 Å². The summed E-state index contributed by atoms with van der Waals surface area (Å²) in [7, 11) is 0. The number of tetrazole rings is 1. The number of benzene rings is 1. The van der Waals surface area contributed by atoms with Gasteiger partial charge in [-0.25, -0.2) is 13.5 Å². The smallest absolute Gasteiger partial charge is 0.261 e. The first-order valence-electron chi connectivity index (χ1n) is 6.06. The standard InChI is InChI=1S/C12H15F2N5O/c1-8-2-3-9(6-10(8)15)12-16-17-18-19(12)4-5-20-7-11(13)14/h2-3,6,11H,4-5,7,15H2,1H3. The topological polar surface area (TPSA) is 78.8 Å². The summed E-state index contributed by atoms with van der Waals surface area (Å²) < 4.78 is 30.2. The Kier molecular flexibility index (Phi) is 4.57. The number of ether oxygens (including phenoxy) is 1. The highest BCUT2D eigenvalue weighted by Gasteiger charge is 2.10. The van der Waals surface area contributed by atoms with Crippen molar-refractivity contribution in [2.75, 3.05) is 18.9 Å². The van der Waals surface area contributed by atoms with Crippen LogP contribution in [0, 0.1) is 6.92 Å². The largest absolute Gasteiger partial charge is 0.398 e. The minimum absolute atomic E-state index is 0.115. The molecule has 0 aliphatic heterocycles. The number of nitrogens with zero attached hydrogens (tertiary/aromatic N) is 4. The number of aromatic nitrogens is 4. The summed E-state index contributed by atoms with van der Waals surface area (Å²) in [6.45, 7) is 1.72. The predicted molar refractivity (Wildman–Crippen MR) is 69.2 cm³/mol. The molecule has 0 atom stereocenters. The maximum Gasteiger partial charge on any atom is 0.261 e. The molecular weight excluding hydrogens is 268 g/mol. The molecule has 0 saturated heterocycles. The van der Waals surface area contributed by atoms with E-state index in [0.29, 0.717) is 18.1 Å². The van der Waals surface area contributed by atoms with E-state index in [0.717, 1.165) is 11.1 Å². The van der Waals surface area contributed by atoms with Crippen LogP contribution in [0.2, 0.25) is 0 Å². The fourth-order valence-electron chi connectivity index (χ4n) is 1.67. The van der Waals surface area contributed by atoms with Crippen LogP contribution in [-0.4, -0.2) is 39.8 Å². The predicted octanol–water partition coefficient (Wildman–Crippen LogP) is 1.51. The highest BCUT2D eigenvalue weighted by molar-refractivity contribution is 5.63. The molecule has 0 amide bonds. The molecule has 1 aromatic carbocycles. The number of nitrogens with two attached hydrogens (primary N) is 1.